The van der Waals surface area contributed by atoms with Crippen molar-refractivity contribution in [3.8, 4) is 0 Å². The fraction of sp³-hybridized carbons (Fsp3) is 0.333. The molecule has 0 atom stereocenters. The number of hydrogen-bond donors (Lipinski definition) is 1. The average Bonchev–Trinajstić information content (AvgIpc) is 3.14. The van der Waals surface area contributed by atoms with Crippen LogP contribution in [0.4, 0.5) is 5.69 Å². The molecule has 1 N–H and O–H groups in total. The molecule has 0 saturated heterocycles. The van der Waals surface area contributed by atoms with Crippen molar-refractivity contribution < 1.29 is 4.74 Å². The Bertz CT molecular complexity index is 977. The van der Waals surface area contributed by atoms with Gasteiger partial charge in [0, 0.05) is 54.5 Å². The molecule has 3 aromatic rings. The zero-order valence-electron chi connectivity index (χ0n) is 17.2. The number of likely N-dealkylation sites (N-methyl/N-ethyl adjacent to an activating group) is 1. The quantitative estimate of drug-likeness (QED) is 0.566. The first-order chi connectivity index (χ1) is 14.3. The molecule has 0 aliphatic carbocycles. The van der Waals surface area contributed by atoms with Crippen molar-refractivity contribution in [2.45, 2.75) is 18.2 Å². The molecule has 5 heteroatoms. The first kappa shape index (κ1) is 20.1. The highest BCUT2D eigenvalue weighted by Gasteiger charge is 2.14. The third-order valence-electron chi connectivity index (χ3n) is 5.44. The number of rotatable bonds is 8. The molecular weight excluding hydrogens is 378 g/mol. The number of methoxy groups -OCH3 is 1. The van der Waals surface area contributed by atoms with E-state index in [4.69, 9.17) is 4.74 Å². The van der Waals surface area contributed by atoms with E-state index in [2.05, 4.69) is 81.9 Å². The fourth-order valence-electron chi connectivity index (χ4n) is 3.85. The van der Waals surface area contributed by atoms with E-state index in [-0.39, 0.29) is 0 Å². The Balaban J connectivity index is 1.59. The lowest BCUT2D eigenvalue weighted by Crippen LogP contribution is -2.26. The Morgan fingerprint density at radius 1 is 1.14 bits per heavy atom. The van der Waals surface area contributed by atoms with Crippen LogP contribution in [0.25, 0.3) is 16.5 Å². The van der Waals surface area contributed by atoms with Gasteiger partial charge < -0.3 is 15.0 Å². The predicted octanol–water partition coefficient (Wildman–Crippen LogP) is 5.05. The van der Waals surface area contributed by atoms with E-state index < -0.39 is 0 Å². The Hall–Kier alpha value is -2.21. The van der Waals surface area contributed by atoms with Crippen molar-refractivity contribution >= 4 is 34.1 Å². The number of ether oxygens (including phenoxy) is 1. The highest BCUT2D eigenvalue weighted by molar-refractivity contribution is 7.98. The second kappa shape index (κ2) is 9.53. The van der Waals surface area contributed by atoms with Crippen LogP contribution in [0.15, 0.2) is 65.7 Å². The van der Waals surface area contributed by atoms with E-state index in [0.29, 0.717) is 0 Å². The molecule has 2 heterocycles. The minimum absolute atomic E-state index is 0.744. The highest BCUT2D eigenvalue weighted by atomic mass is 32.2. The second-order valence-corrected chi connectivity index (χ2v) is 8.27. The predicted molar refractivity (Wildman–Crippen MR) is 125 cm³/mol. The Labute approximate surface area is 177 Å². The molecule has 4 nitrogen and oxygen atoms in total. The Morgan fingerprint density at radius 3 is 2.69 bits per heavy atom. The molecule has 152 valence electrons. The number of nitrogens with one attached hydrogen (secondary N) is 1. The maximum atomic E-state index is 5.23. The van der Waals surface area contributed by atoms with Crippen molar-refractivity contribution in [3.05, 3.63) is 66.4 Å². The van der Waals surface area contributed by atoms with Gasteiger partial charge in [-0.15, -0.1) is 0 Å². The molecule has 0 radical (unpaired) electrons. The van der Waals surface area contributed by atoms with E-state index in [1.54, 1.807) is 19.1 Å². The smallest absolute Gasteiger partial charge is 0.0637 e. The molecule has 0 saturated carbocycles. The van der Waals surface area contributed by atoms with Crippen LogP contribution in [0.2, 0.25) is 0 Å². The number of benzene rings is 2. The van der Waals surface area contributed by atoms with Gasteiger partial charge in [0.25, 0.3) is 0 Å². The van der Waals surface area contributed by atoms with Crippen molar-refractivity contribution in [1.82, 2.24) is 9.29 Å². The molecule has 0 unspecified atom stereocenters. The minimum atomic E-state index is 0.744. The molecule has 0 spiro atoms. The van der Waals surface area contributed by atoms with Crippen LogP contribution in [0.1, 0.15) is 18.9 Å². The fourth-order valence-corrected chi connectivity index (χ4v) is 4.75. The SMILES string of the molecule is CCN(CCOC)c1ccc(Sn2cc(C3=CCNCC3)c3ccccc32)cc1. The average molecular weight is 408 g/mol. The van der Waals surface area contributed by atoms with E-state index in [1.807, 2.05) is 0 Å². The van der Waals surface area contributed by atoms with Gasteiger partial charge in [0.15, 0.2) is 0 Å². The molecule has 0 bridgehead atoms. The largest absolute Gasteiger partial charge is 0.383 e. The molecule has 1 aliphatic rings. The molecule has 1 aromatic heterocycles. The summed E-state index contributed by atoms with van der Waals surface area (Å²) in [5, 5.41) is 4.75. The van der Waals surface area contributed by atoms with Crippen LogP contribution in [-0.2, 0) is 4.74 Å². The molecule has 1 aliphatic heterocycles. The summed E-state index contributed by atoms with van der Waals surface area (Å²) in [6, 6.07) is 17.6. The maximum absolute atomic E-state index is 5.23. The van der Waals surface area contributed by atoms with Crippen LogP contribution in [0, 0.1) is 0 Å². The molecule has 2 aromatic carbocycles. The molecule has 29 heavy (non-hydrogen) atoms. The molecule has 0 amide bonds. The first-order valence-corrected chi connectivity index (χ1v) is 11.1. The molecular formula is C24H29N3OS. The summed E-state index contributed by atoms with van der Waals surface area (Å²) in [6.45, 7) is 6.83. The summed E-state index contributed by atoms with van der Waals surface area (Å²) in [5.74, 6) is 0. The van der Waals surface area contributed by atoms with Gasteiger partial charge in [0.2, 0.25) is 0 Å². The minimum Gasteiger partial charge on any atom is -0.383 e. The zero-order chi connectivity index (χ0) is 20.1. The second-order valence-electron chi connectivity index (χ2n) is 7.23. The van der Waals surface area contributed by atoms with Gasteiger partial charge >= 0.3 is 0 Å². The Kier molecular flexibility index (Phi) is 6.60. The number of fused-ring (bicyclic) bond motifs is 1. The van der Waals surface area contributed by atoms with Crippen LogP contribution in [0.3, 0.4) is 0 Å². The van der Waals surface area contributed by atoms with Crippen molar-refractivity contribution in [2.75, 3.05) is 44.8 Å². The van der Waals surface area contributed by atoms with Gasteiger partial charge in [-0.3, -0.25) is 3.97 Å². The lowest BCUT2D eigenvalue weighted by Gasteiger charge is -2.22. The Morgan fingerprint density at radius 2 is 1.97 bits per heavy atom. The van der Waals surface area contributed by atoms with Crippen LogP contribution in [-0.4, -0.2) is 43.9 Å². The van der Waals surface area contributed by atoms with Crippen LogP contribution in [0.5, 0.6) is 0 Å². The van der Waals surface area contributed by atoms with Crippen LogP contribution >= 0.6 is 11.9 Å². The van der Waals surface area contributed by atoms with Crippen molar-refractivity contribution in [3.63, 3.8) is 0 Å². The summed E-state index contributed by atoms with van der Waals surface area (Å²) in [6.07, 6.45) is 5.72. The number of para-hydroxylation sites is 1. The summed E-state index contributed by atoms with van der Waals surface area (Å²) in [5.41, 5.74) is 5.33. The number of anilines is 1. The van der Waals surface area contributed by atoms with Gasteiger partial charge in [-0.25, -0.2) is 0 Å². The van der Waals surface area contributed by atoms with E-state index >= 15 is 0 Å². The van der Waals surface area contributed by atoms with Gasteiger partial charge in [-0.05, 0) is 67.7 Å². The third-order valence-corrected chi connectivity index (χ3v) is 6.42. The van der Waals surface area contributed by atoms with Gasteiger partial charge in [-0.1, -0.05) is 24.3 Å². The summed E-state index contributed by atoms with van der Waals surface area (Å²) >= 11 is 1.78. The topological polar surface area (TPSA) is 29.4 Å². The zero-order valence-corrected chi connectivity index (χ0v) is 18.0. The lowest BCUT2D eigenvalue weighted by molar-refractivity contribution is 0.205. The summed E-state index contributed by atoms with van der Waals surface area (Å²) in [4.78, 5) is 3.58. The van der Waals surface area contributed by atoms with E-state index in [0.717, 1.165) is 39.2 Å². The lowest BCUT2D eigenvalue weighted by atomic mass is 10.00. The maximum Gasteiger partial charge on any atom is 0.0637 e. The number of nitrogens with zero attached hydrogens (tertiary/aromatic N) is 2. The highest BCUT2D eigenvalue weighted by Crippen LogP contribution is 2.34. The van der Waals surface area contributed by atoms with Gasteiger partial charge in [-0.2, -0.15) is 0 Å². The van der Waals surface area contributed by atoms with Gasteiger partial charge in [0.05, 0.1) is 12.1 Å². The molecule has 4 rings (SSSR count). The monoisotopic (exact) mass is 407 g/mol. The first-order valence-electron chi connectivity index (χ1n) is 10.3. The number of hydrogen-bond acceptors (Lipinski definition) is 4. The third kappa shape index (κ3) is 4.53. The summed E-state index contributed by atoms with van der Waals surface area (Å²) in [7, 11) is 1.75. The van der Waals surface area contributed by atoms with E-state index in [9.17, 15) is 0 Å². The van der Waals surface area contributed by atoms with Crippen LogP contribution < -0.4 is 10.2 Å². The van der Waals surface area contributed by atoms with Crippen molar-refractivity contribution in [1.29, 1.82) is 0 Å². The van der Waals surface area contributed by atoms with Crippen molar-refractivity contribution in [2.24, 2.45) is 0 Å². The molecule has 0 fully saturated rings. The summed E-state index contributed by atoms with van der Waals surface area (Å²) < 4.78 is 7.54. The van der Waals surface area contributed by atoms with E-state index in [1.165, 1.54) is 32.6 Å². The van der Waals surface area contributed by atoms with Gasteiger partial charge in [0.1, 0.15) is 0 Å². The normalized spacial score (nSPS) is 14.2. The number of aromatic nitrogens is 1. The standard InChI is InChI=1S/C24H29N3OS/c1-3-26(16-17-28-2)20-8-10-21(11-9-20)29-27-18-23(19-12-14-25-15-13-19)22-6-4-5-7-24(22)27/h4-12,18,25H,3,13-17H2,1-2H3.